The third kappa shape index (κ3) is 2.73. The number of hydrogen-bond donors (Lipinski definition) is 1. The summed E-state index contributed by atoms with van der Waals surface area (Å²) in [6, 6.07) is 6.93. The van der Waals surface area contributed by atoms with E-state index in [4.69, 9.17) is 4.52 Å². The quantitative estimate of drug-likeness (QED) is 0.596. The number of likely N-dealkylation sites (tertiary alicyclic amines) is 1. The molecule has 1 atom stereocenters. The topological polar surface area (TPSA) is 114 Å². The molecule has 5 rings (SSSR count). The van der Waals surface area contributed by atoms with Gasteiger partial charge in [-0.05, 0) is 37.1 Å². The van der Waals surface area contributed by atoms with Gasteiger partial charge >= 0.3 is 0 Å². The Morgan fingerprint density at radius 2 is 2.07 bits per heavy atom. The second kappa shape index (κ2) is 6.27. The number of pyridine rings is 2. The van der Waals surface area contributed by atoms with Crippen LogP contribution in [-0.4, -0.2) is 47.7 Å². The van der Waals surface area contributed by atoms with Gasteiger partial charge in [-0.1, -0.05) is 5.16 Å². The van der Waals surface area contributed by atoms with Gasteiger partial charge in [-0.3, -0.25) is 14.9 Å². The van der Waals surface area contributed by atoms with E-state index in [-0.39, 0.29) is 11.9 Å². The molecule has 1 fully saturated rings. The molecule has 0 unspecified atom stereocenters. The van der Waals surface area contributed by atoms with Crippen molar-refractivity contribution in [2.24, 2.45) is 0 Å². The van der Waals surface area contributed by atoms with E-state index in [2.05, 4.69) is 30.3 Å². The second-order valence-electron chi connectivity index (χ2n) is 6.35. The van der Waals surface area contributed by atoms with Crippen LogP contribution in [-0.2, 0) is 0 Å². The molecule has 1 N–H and O–H groups in total. The molecule has 0 bridgehead atoms. The maximum absolute atomic E-state index is 13.0. The number of nitrogens with one attached hydrogen (secondary N) is 1. The number of amides is 1. The molecule has 0 aromatic carbocycles. The molecule has 5 heterocycles. The number of carbonyl (C=O) groups is 1. The summed E-state index contributed by atoms with van der Waals surface area (Å²) in [4.78, 5) is 27.6. The Kier molecular flexibility index (Phi) is 3.63. The van der Waals surface area contributed by atoms with Crippen molar-refractivity contribution in [1.29, 1.82) is 0 Å². The minimum absolute atomic E-state index is 0.155. The van der Waals surface area contributed by atoms with Crippen molar-refractivity contribution < 1.29 is 9.32 Å². The third-order valence-electron chi connectivity index (χ3n) is 4.70. The number of carbonyl (C=O) groups excluding carboxylic acids is 1. The Balaban J connectivity index is 1.43. The van der Waals surface area contributed by atoms with Gasteiger partial charge in [0.2, 0.25) is 11.7 Å². The summed E-state index contributed by atoms with van der Waals surface area (Å²) < 4.78 is 5.47. The molecule has 134 valence electrons. The number of aromatic nitrogens is 6. The van der Waals surface area contributed by atoms with Gasteiger partial charge in [-0.25, -0.2) is 4.98 Å². The number of H-pyrrole nitrogens is 1. The van der Waals surface area contributed by atoms with Gasteiger partial charge < -0.3 is 9.42 Å². The number of rotatable bonds is 3. The number of fused-ring (bicyclic) bond motifs is 1. The molecular weight excluding hydrogens is 346 g/mol. The molecule has 0 aliphatic carbocycles. The first-order valence-corrected chi connectivity index (χ1v) is 8.65. The van der Waals surface area contributed by atoms with Crippen molar-refractivity contribution in [3.05, 3.63) is 54.4 Å². The Morgan fingerprint density at radius 1 is 1.19 bits per heavy atom. The van der Waals surface area contributed by atoms with E-state index in [1.807, 2.05) is 18.2 Å². The molecule has 9 heteroatoms. The second-order valence-corrected chi connectivity index (χ2v) is 6.35. The Bertz CT molecular complexity index is 1110. The Labute approximate surface area is 153 Å². The first-order valence-electron chi connectivity index (χ1n) is 8.65. The molecule has 1 aliphatic rings. The average Bonchev–Trinajstić information content (AvgIpc) is 3.47. The molecular formula is C18H15N7O2. The molecule has 1 aliphatic heterocycles. The van der Waals surface area contributed by atoms with Crippen molar-refractivity contribution in [3.8, 4) is 11.4 Å². The van der Waals surface area contributed by atoms with E-state index in [0.29, 0.717) is 29.6 Å². The van der Waals surface area contributed by atoms with E-state index in [1.165, 1.54) is 0 Å². The van der Waals surface area contributed by atoms with Gasteiger partial charge in [-0.15, -0.1) is 0 Å². The molecule has 0 radical (unpaired) electrons. The lowest BCUT2D eigenvalue weighted by molar-refractivity contribution is 0.0704. The highest BCUT2D eigenvalue weighted by molar-refractivity contribution is 5.94. The molecule has 27 heavy (non-hydrogen) atoms. The van der Waals surface area contributed by atoms with Crippen molar-refractivity contribution in [2.45, 2.75) is 18.9 Å². The first kappa shape index (κ1) is 15.6. The molecule has 1 amide bonds. The largest absolute Gasteiger partial charge is 0.337 e. The molecule has 1 saturated heterocycles. The van der Waals surface area contributed by atoms with Crippen molar-refractivity contribution in [2.75, 3.05) is 6.54 Å². The van der Waals surface area contributed by atoms with Crippen LogP contribution in [0.1, 0.15) is 35.3 Å². The normalized spacial score (nSPS) is 16.9. The van der Waals surface area contributed by atoms with Gasteiger partial charge in [0.1, 0.15) is 11.7 Å². The molecule has 0 saturated carbocycles. The highest BCUT2D eigenvalue weighted by Crippen LogP contribution is 2.33. The molecule has 9 nitrogen and oxygen atoms in total. The van der Waals surface area contributed by atoms with Crippen LogP contribution in [0.25, 0.3) is 22.4 Å². The van der Waals surface area contributed by atoms with Crippen molar-refractivity contribution >= 4 is 16.9 Å². The third-order valence-corrected chi connectivity index (χ3v) is 4.70. The van der Waals surface area contributed by atoms with Crippen LogP contribution in [0.15, 0.2) is 47.4 Å². The number of aromatic amines is 1. The summed E-state index contributed by atoms with van der Waals surface area (Å²) in [6.45, 7) is 0.624. The maximum Gasteiger partial charge on any atom is 0.273 e. The van der Waals surface area contributed by atoms with E-state index in [9.17, 15) is 4.79 Å². The standard InChI is InChI=1S/C18H15N7O2/c26-18(13-4-3-12-10-20-23-15(12)21-13)25-9-1-2-14(25)17-22-16(24-27-17)11-5-7-19-8-6-11/h3-8,10,14H,1-2,9H2,(H,20,21,23)/t14-/m0/s1. The van der Waals surface area contributed by atoms with Crippen LogP contribution in [0.3, 0.4) is 0 Å². The fourth-order valence-corrected chi connectivity index (χ4v) is 3.35. The van der Waals surface area contributed by atoms with Gasteiger partial charge in [0.15, 0.2) is 5.65 Å². The van der Waals surface area contributed by atoms with Crippen LogP contribution in [0.5, 0.6) is 0 Å². The van der Waals surface area contributed by atoms with Gasteiger partial charge in [0, 0.05) is 29.9 Å². The van der Waals surface area contributed by atoms with Crippen LogP contribution in [0, 0.1) is 0 Å². The predicted molar refractivity (Wildman–Crippen MR) is 94.4 cm³/mol. The van der Waals surface area contributed by atoms with Gasteiger partial charge in [0.25, 0.3) is 5.91 Å². The first-order chi connectivity index (χ1) is 13.3. The predicted octanol–water partition coefficient (Wildman–Crippen LogP) is 2.38. The summed E-state index contributed by atoms with van der Waals surface area (Å²) in [5, 5.41) is 11.7. The zero-order valence-electron chi connectivity index (χ0n) is 14.2. The van der Waals surface area contributed by atoms with Crippen LogP contribution >= 0.6 is 0 Å². The smallest absolute Gasteiger partial charge is 0.273 e. The fraction of sp³-hybridized carbons (Fsp3) is 0.222. The number of hydrogen-bond acceptors (Lipinski definition) is 7. The summed E-state index contributed by atoms with van der Waals surface area (Å²) in [5.74, 6) is 0.775. The summed E-state index contributed by atoms with van der Waals surface area (Å²) in [7, 11) is 0. The van der Waals surface area contributed by atoms with Crippen LogP contribution in [0.2, 0.25) is 0 Å². The average molecular weight is 361 g/mol. The van der Waals surface area contributed by atoms with Crippen molar-refractivity contribution in [3.63, 3.8) is 0 Å². The maximum atomic E-state index is 13.0. The van der Waals surface area contributed by atoms with E-state index in [1.54, 1.807) is 29.6 Å². The highest BCUT2D eigenvalue weighted by atomic mass is 16.5. The van der Waals surface area contributed by atoms with E-state index >= 15 is 0 Å². The van der Waals surface area contributed by atoms with Gasteiger partial charge in [0.05, 0.1) is 6.20 Å². The fourth-order valence-electron chi connectivity index (χ4n) is 3.35. The minimum Gasteiger partial charge on any atom is -0.337 e. The minimum atomic E-state index is -0.250. The monoisotopic (exact) mass is 361 g/mol. The summed E-state index contributed by atoms with van der Waals surface area (Å²) >= 11 is 0. The van der Waals surface area contributed by atoms with Gasteiger partial charge in [-0.2, -0.15) is 10.1 Å². The van der Waals surface area contributed by atoms with Crippen LogP contribution in [0.4, 0.5) is 0 Å². The lowest BCUT2D eigenvalue weighted by Gasteiger charge is -2.21. The zero-order valence-corrected chi connectivity index (χ0v) is 14.2. The van der Waals surface area contributed by atoms with Crippen LogP contribution < -0.4 is 0 Å². The van der Waals surface area contributed by atoms with E-state index in [0.717, 1.165) is 23.8 Å². The highest BCUT2D eigenvalue weighted by Gasteiger charge is 2.35. The zero-order chi connectivity index (χ0) is 18.2. The van der Waals surface area contributed by atoms with Crippen molar-refractivity contribution in [1.82, 2.24) is 35.2 Å². The molecule has 4 aromatic heterocycles. The Hall–Kier alpha value is -3.62. The number of nitrogens with zero attached hydrogens (tertiary/aromatic N) is 6. The lowest BCUT2D eigenvalue weighted by atomic mass is 10.2. The van der Waals surface area contributed by atoms with E-state index < -0.39 is 0 Å². The molecule has 4 aromatic rings. The lowest BCUT2D eigenvalue weighted by Crippen LogP contribution is -2.31. The molecule has 0 spiro atoms. The summed E-state index contributed by atoms with van der Waals surface area (Å²) in [6.07, 6.45) is 6.67. The SMILES string of the molecule is O=C(c1ccc2cn[nH]c2n1)N1CCC[C@H]1c1nc(-c2ccncc2)no1. The summed E-state index contributed by atoms with van der Waals surface area (Å²) in [5.41, 5.74) is 1.78. The Morgan fingerprint density at radius 3 is 2.96 bits per heavy atom.